The second kappa shape index (κ2) is 5.23. The highest BCUT2D eigenvalue weighted by Gasteiger charge is 2.38. The number of hydrogen-bond donors (Lipinski definition) is 2. The van der Waals surface area contributed by atoms with Crippen LogP contribution in [0.3, 0.4) is 0 Å². The maximum atomic E-state index is 12.0. The molecule has 2 rings (SSSR count). The molecule has 6 nitrogen and oxygen atoms in total. The third-order valence-corrected chi connectivity index (χ3v) is 4.42. The van der Waals surface area contributed by atoms with Gasteiger partial charge in [-0.2, -0.15) is 0 Å². The molecule has 1 aliphatic heterocycles. The van der Waals surface area contributed by atoms with Gasteiger partial charge in [0, 0.05) is 12.6 Å². The van der Waals surface area contributed by atoms with Crippen molar-refractivity contribution in [1.82, 2.24) is 9.88 Å². The average molecular weight is 334 g/mol. The van der Waals surface area contributed by atoms with Crippen molar-refractivity contribution in [3.05, 3.63) is 9.98 Å². The number of thiazole rings is 1. The van der Waals surface area contributed by atoms with Gasteiger partial charge in [-0.3, -0.25) is 10.1 Å². The van der Waals surface area contributed by atoms with Crippen LogP contribution in [0.5, 0.6) is 0 Å². The van der Waals surface area contributed by atoms with Crippen LogP contribution in [0.25, 0.3) is 0 Å². The number of halogens is 1. The molecule has 2 atom stereocenters. The summed E-state index contributed by atoms with van der Waals surface area (Å²) in [6.07, 6.45) is 2.10. The quantitative estimate of drug-likeness (QED) is 0.869. The molecule has 0 aliphatic carbocycles. The molecule has 0 spiro atoms. The number of aliphatic carboxylic acids is 1. The Morgan fingerprint density at radius 1 is 1.67 bits per heavy atom. The minimum atomic E-state index is -0.852. The number of carbonyl (C=O) groups excluding carboxylic acids is 1. The van der Waals surface area contributed by atoms with Gasteiger partial charge in [0.25, 0.3) is 0 Å². The van der Waals surface area contributed by atoms with Gasteiger partial charge in [0.1, 0.15) is 0 Å². The number of nitrogens with one attached hydrogen (secondary N) is 1. The SMILES string of the molecule is CC1C(C(=O)O)CCN1C(=O)Nc1ncc(Br)s1. The van der Waals surface area contributed by atoms with Crippen molar-refractivity contribution in [3.63, 3.8) is 0 Å². The number of anilines is 1. The van der Waals surface area contributed by atoms with E-state index in [-0.39, 0.29) is 12.1 Å². The van der Waals surface area contributed by atoms with E-state index >= 15 is 0 Å². The molecule has 2 heterocycles. The molecule has 0 bridgehead atoms. The highest BCUT2D eigenvalue weighted by molar-refractivity contribution is 9.11. The van der Waals surface area contributed by atoms with Gasteiger partial charge < -0.3 is 10.0 Å². The molecule has 1 aromatic heterocycles. The minimum absolute atomic E-state index is 0.298. The lowest BCUT2D eigenvalue weighted by molar-refractivity contribution is -0.142. The number of carbonyl (C=O) groups is 2. The summed E-state index contributed by atoms with van der Waals surface area (Å²) < 4.78 is 0.829. The summed E-state index contributed by atoms with van der Waals surface area (Å²) in [4.78, 5) is 28.5. The van der Waals surface area contributed by atoms with Gasteiger partial charge >= 0.3 is 12.0 Å². The number of rotatable bonds is 2. The highest BCUT2D eigenvalue weighted by atomic mass is 79.9. The van der Waals surface area contributed by atoms with Gasteiger partial charge in [0.15, 0.2) is 5.13 Å². The predicted octanol–water partition coefficient (Wildman–Crippen LogP) is 2.23. The fourth-order valence-corrected chi connectivity index (χ4v) is 3.13. The number of aromatic nitrogens is 1. The molecule has 2 N–H and O–H groups in total. The molecule has 0 aromatic carbocycles. The van der Waals surface area contributed by atoms with Gasteiger partial charge in [0.2, 0.25) is 0 Å². The zero-order valence-corrected chi connectivity index (χ0v) is 12.0. The fraction of sp³-hybridized carbons (Fsp3) is 0.500. The van der Waals surface area contributed by atoms with Gasteiger partial charge in [0.05, 0.1) is 15.9 Å². The Labute approximate surface area is 116 Å². The summed E-state index contributed by atoms with van der Waals surface area (Å²) in [5.74, 6) is -1.34. The first-order valence-corrected chi connectivity index (χ1v) is 7.01. The minimum Gasteiger partial charge on any atom is -0.481 e. The van der Waals surface area contributed by atoms with Crippen molar-refractivity contribution in [2.24, 2.45) is 5.92 Å². The van der Waals surface area contributed by atoms with Crippen LogP contribution in [0, 0.1) is 5.92 Å². The van der Waals surface area contributed by atoms with E-state index < -0.39 is 11.9 Å². The van der Waals surface area contributed by atoms with Gasteiger partial charge in [-0.05, 0) is 29.3 Å². The number of likely N-dealkylation sites (tertiary alicyclic amines) is 1. The van der Waals surface area contributed by atoms with Crippen molar-refractivity contribution < 1.29 is 14.7 Å². The predicted molar refractivity (Wildman–Crippen MR) is 70.7 cm³/mol. The molecule has 1 aromatic rings. The lowest BCUT2D eigenvalue weighted by atomic mass is 10.0. The van der Waals surface area contributed by atoms with Crippen LogP contribution in [0.4, 0.5) is 9.93 Å². The van der Waals surface area contributed by atoms with E-state index in [1.165, 1.54) is 16.2 Å². The zero-order valence-electron chi connectivity index (χ0n) is 9.59. The zero-order chi connectivity index (χ0) is 13.3. The van der Waals surface area contributed by atoms with Gasteiger partial charge in [-0.1, -0.05) is 11.3 Å². The Morgan fingerprint density at radius 2 is 2.39 bits per heavy atom. The van der Waals surface area contributed by atoms with Gasteiger partial charge in [-0.25, -0.2) is 9.78 Å². The van der Waals surface area contributed by atoms with Crippen molar-refractivity contribution in [3.8, 4) is 0 Å². The molecule has 0 saturated carbocycles. The first-order chi connectivity index (χ1) is 8.49. The molecule has 1 saturated heterocycles. The summed E-state index contributed by atoms with van der Waals surface area (Å²) in [6, 6.07) is -0.598. The lowest BCUT2D eigenvalue weighted by Crippen LogP contribution is -2.40. The molecule has 1 fully saturated rings. The number of urea groups is 1. The molecule has 0 radical (unpaired) electrons. The third kappa shape index (κ3) is 2.64. The number of carboxylic acid groups (broad SMARTS) is 1. The number of nitrogens with zero attached hydrogens (tertiary/aromatic N) is 2. The Kier molecular flexibility index (Phi) is 3.86. The van der Waals surface area contributed by atoms with E-state index in [0.717, 1.165) is 3.79 Å². The van der Waals surface area contributed by atoms with Crippen molar-refractivity contribution in [1.29, 1.82) is 0 Å². The third-order valence-electron chi connectivity index (χ3n) is 3.02. The van der Waals surface area contributed by atoms with Gasteiger partial charge in [-0.15, -0.1) is 0 Å². The van der Waals surface area contributed by atoms with Crippen LogP contribution in [0.2, 0.25) is 0 Å². The van der Waals surface area contributed by atoms with E-state index in [0.29, 0.717) is 18.1 Å². The largest absolute Gasteiger partial charge is 0.481 e. The Bertz CT molecular complexity index is 479. The number of carboxylic acids is 1. The first kappa shape index (κ1) is 13.3. The maximum Gasteiger partial charge on any atom is 0.323 e. The Morgan fingerprint density at radius 3 is 2.89 bits per heavy atom. The van der Waals surface area contributed by atoms with Crippen molar-refractivity contribution in [2.45, 2.75) is 19.4 Å². The number of hydrogen-bond acceptors (Lipinski definition) is 4. The highest BCUT2D eigenvalue weighted by Crippen LogP contribution is 2.27. The summed E-state index contributed by atoms with van der Waals surface area (Å²) in [5.41, 5.74) is 0. The van der Waals surface area contributed by atoms with Crippen LogP contribution in [0.15, 0.2) is 9.98 Å². The maximum absolute atomic E-state index is 12.0. The second-order valence-electron chi connectivity index (χ2n) is 4.07. The molecule has 2 amide bonds. The van der Waals surface area contributed by atoms with Crippen LogP contribution in [-0.2, 0) is 4.79 Å². The van der Waals surface area contributed by atoms with Crippen LogP contribution in [0.1, 0.15) is 13.3 Å². The topological polar surface area (TPSA) is 82.5 Å². The second-order valence-corrected chi connectivity index (χ2v) is 6.48. The first-order valence-electron chi connectivity index (χ1n) is 5.41. The summed E-state index contributed by atoms with van der Waals surface area (Å²) in [6.45, 7) is 2.21. The fourth-order valence-electron chi connectivity index (χ4n) is 2.03. The average Bonchev–Trinajstić information content (AvgIpc) is 2.85. The van der Waals surface area contributed by atoms with E-state index in [1.807, 2.05) is 0 Å². The standard InChI is InChI=1S/C10H12BrN3O3S/c1-5-6(8(15)16)2-3-14(5)10(17)13-9-12-4-7(11)18-9/h4-6H,2-3H2,1H3,(H,15,16)(H,12,13,17). The summed E-state index contributed by atoms with van der Waals surface area (Å²) >= 11 is 4.57. The van der Waals surface area contributed by atoms with E-state index in [1.54, 1.807) is 13.1 Å². The van der Waals surface area contributed by atoms with Crippen molar-refractivity contribution >= 4 is 44.4 Å². The van der Waals surface area contributed by atoms with Crippen molar-refractivity contribution in [2.75, 3.05) is 11.9 Å². The molecule has 1 aliphatic rings. The molecule has 8 heteroatoms. The monoisotopic (exact) mass is 333 g/mol. The molecule has 18 heavy (non-hydrogen) atoms. The van der Waals surface area contributed by atoms with Crippen LogP contribution < -0.4 is 5.32 Å². The Balaban J connectivity index is 2.00. The Hall–Kier alpha value is -1.15. The van der Waals surface area contributed by atoms with Crippen LogP contribution in [-0.4, -0.2) is 39.6 Å². The normalized spacial score (nSPS) is 23.1. The summed E-state index contributed by atoms with van der Waals surface area (Å²) in [5, 5.41) is 12.2. The van der Waals surface area contributed by atoms with E-state index in [4.69, 9.17) is 5.11 Å². The molecule has 2 unspecified atom stereocenters. The molecular formula is C10H12BrN3O3S. The van der Waals surface area contributed by atoms with E-state index in [9.17, 15) is 9.59 Å². The lowest BCUT2D eigenvalue weighted by Gasteiger charge is -2.22. The molecular weight excluding hydrogens is 322 g/mol. The van der Waals surface area contributed by atoms with E-state index in [2.05, 4.69) is 26.2 Å². The smallest absolute Gasteiger partial charge is 0.323 e. The van der Waals surface area contributed by atoms with Crippen LogP contribution >= 0.6 is 27.3 Å². The number of amides is 2. The molecule has 98 valence electrons. The summed E-state index contributed by atoms with van der Waals surface area (Å²) in [7, 11) is 0.